The van der Waals surface area contributed by atoms with Gasteiger partial charge in [0.2, 0.25) is 5.89 Å². The minimum Gasteiger partial charge on any atom is -0.487 e. The van der Waals surface area contributed by atoms with Gasteiger partial charge in [-0.2, -0.15) is 0 Å². The molecule has 0 saturated carbocycles. The first kappa shape index (κ1) is 17.6. The Morgan fingerprint density at radius 2 is 1.96 bits per heavy atom. The van der Waals surface area contributed by atoms with Crippen molar-refractivity contribution in [2.45, 2.75) is 13.5 Å². The number of oxazole rings is 1. The molecule has 2 heterocycles. The molecule has 0 fully saturated rings. The van der Waals surface area contributed by atoms with Crippen molar-refractivity contribution in [1.29, 1.82) is 0 Å². The number of furan rings is 1. The minimum absolute atomic E-state index is 0.275. The number of hydrogen-bond acceptors (Lipinski definition) is 5. The number of carbonyl (C=O) groups is 1. The summed E-state index contributed by atoms with van der Waals surface area (Å²) in [5.74, 6) is 1.38. The van der Waals surface area contributed by atoms with Gasteiger partial charge in [0, 0.05) is 17.0 Å². The largest absolute Gasteiger partial charge is 0.487 e. The number of ether oxygens (including phenoxy) is 1. The predicted molar refractivity (Wildman–Crippen MR) is 104 cm³/mol. The summed E-state index contributed by atoms with van der Waals surface area (Å²) >= 11 is 0. The highest BCUT2D eigenvalue weighted by atomic mass is 16.5. The zero-order chi connectivity index (χ0) is 19.5. The number of hydrogen-bond donors (Lipinski definition) is 1. The van der Waals surface area contributed by atoms with Gasteiger partial charge in [0.15, 0.2) is 0 Å². The van der Waals surface area contributed by atoms with Crippen molar-refractivity contribution >= 4 is 23.0 Å². The van der Waals surface area contributed by atoms with Gasteiger partial charge in [-0.25, -0.2) is 9.78 Å². The average Bonchev–Trinajstić information content (AvgIpc) is 3.28. The van der Waals surface area contributed by atoms with E-state index in [-0.39, 0.29) is 6.61 Å². The van der Waals surface area contributed by atoms with E-state index in [0.717, 1.165) is 22.7 Å². The molecule has 0 bridgehead atoms. The van der Waals surface area contributed by atoms with Gasteiger partial charge in [-0.3, -0.25) is 0 Å². The predicted octanol–water partition coefficient (Wildman–Crippen LogP) is 5.07. The van der Waals surface area contributed by atoms with Crippen molar-refractivity contribution in [3.63, 3.8) is 0 Å². The molecule has 0 radical (unpaired) electrons. The second kappa shape index (κ2) is 7.44. The molecule has 0 aliphatic carbocycles. The van der Waals surface area contributed by atoms with E-state index in [1.807, 2.05) is 43.3 Å². The lowest BCUT2D eigenvalue weighted by molar-refractivity contribution is -0.131. The number of aryl methyl sites for hydroxylation is 1. The molecule has 0 amide bonds. The molecule has 1 N–H and O–H groups in total. The zero-order valence-corrected chi connectivity index (χ0v) is 15.1. The van der Waals surface area contributed by atoms with E-state index in [1.54, 1.807) is 18.2 Å². The van der Waals surface area contributed by atoms with Crippen molar-refractivity contribution in [3.8, 4) is 17.2 Å². The summed E-state index contributed by atoms with van der Waals surface area (Å²) in [6, 6.07) is 16.9. The van der Waals surface area contributed by atoms with Crippen LogP contribution in [0.3, 0.4) is 0 Å². The van der Waals surface area contributed by atoms with Crippen molar-refractivity contribution in [3.05, 3.63) is 77.9 Å². The Kier molecular flexibility index (Phi) is 4.68. The highest BCUT2D eigenvalue weighted by Gasteiger charge is 2.12. The fourth-order valence-corrected chi connectivity index (χ4v) is 2.79. The van der Waals surface area contributed by atoms with Crippen LogP contribution < -0.4 is 4.74 Å². The fourth-order valence-electron chi connectivity index (χ4n) is 2.79. The third-order valence-electron chi connectivity index (χ3n) is 4.19. The second-order valence-corrected chi connectivity index (χ2v) is 6.20. The molecule has 4 rings (SSSR count). The summed E-state index contributed by atoms with van der Waals surface area (Å²) in [6.07, 6.45) is 2.44. The Bertz CT molecular complexity index is 1150. The molecule has 0 aliphatic rings. The van der Waals surface area contributed by atoms with Crippen LogP contribution in [-0.2, 0) is 11.4 Å². The Balaban J connectivity index is 1.50. The molecule has 6 heteroatoms. The maximum Gasteiger partial charge on any atom is 0.328 e. The minimum atomic E-state index is -1.03. The normalized spacial score (nSPS) is 11.3. The number of fused-ring (bicyclic) bond motifs is 1. The van der Waals surface area contributed by atoms with Crippen molar-refractivity contribution in [2.75, 3.05) is 0 Å². The molecule has 140 valence electrons. The van der Waals surface area contributed by atoms with E-state index >= 15 is 0 Å². The van der Waals surface area contributed by atoms with E-state index < -0.39 is 5.97 Å². The quantitative estimate of drug-likeness (QED) is 0.473. The van der Waals surface area contributed by atoms with Gasteiger partial charge in [-0.1, -0.05) is 18.2 Å². The van der Waals surface area contributed by atoms with E-state index in [0.29, 0.717) is 28.7 Å². The Labute approximate surface area is 160 Å². The number of benzene rings is 2. The van der Waals surface area contributed by atoms with Crippen LogP contribution in [0, 0.1) is 6.92 Å². The first-order chi connectivity index (χ1) is 13.6. The first-order valence-electron chi connectivity index (χ1n) is 8.67. The first-order valence-corrected chi connectivity index (χ1v) is 8.67. The summed E-state index contributed by atoms with van der Waals surface area (Å²) in [5, 5.41) is 9.53. The molecule has 2 aromatic carbocycles. The summed E-state index contributed by atoms with van der Waals surface area (Å²) in [4.78, 5) is 15.1. The van der Waals surface area contributed by atoms with Gasteiger partial charge in [0.05, 0.1) is 0 Å². The fraction of sp³-hybridized carbons (Fsp3) is 0.0909. The molecule has 0 unspecified atom stereocenters. The van der Waals surface area contributed by atoms with Gasteiger partial charge in [-0.15, -0.1) is 0 Å². The van der Waals surface area contributed by atoms with E-state index in [1.165, 1.54) is 6.08 Å². The molecule has 0 saturated heterocycles. The van der Waals surface area contributed by atoms with E-state index in [9.17, 15) is 4.79 Å². The van der Waals surface area contributed by atoms with E-state index in [4.69, 9.17) is 18.7 Å². The number of carboxylic acid groups (broad SMARTS) is 1. The lowest BCUT2D eigenvalue weighted by Crippen LogP contribution is -1.97. The van der Waals surface area contributed by atoms with Crippen molar-refractivity contribution in [1.82, 2.24) is 4.98 Å². The van der Waals surface area contributed by atoms with Crippen molar-refractivity contribution < 1.29 is 23.5 Å². The Morgan fingerprint density at radius 3 is 2.75 bits per heavy atom. The van der Waals surface area contributed by atoms with Crippen LogP contribution in [0.2, 0.25) is 0 Å². The standard InChI is InChI=1S/C22H17NO5/c1-14-19(23-22(27-14)15-5-3-2-4-6-15)13-26-17-7-9-20-16(11-17)12-18(28-20)8-10-21(24)25/h2-12H,13H2,1H3,(H,24,25)/b10-8+. The van der Waals surface area contributed by atoms with Crippen molar-refractivity contribution in [2.24, 2.45) is 0 Å². The maximum atomic E-state index is 10.6. The lowest BCUT2D eigenvalue weighted by Gasteiger charge is -2.04. The van der Waals surface area contributed by atoms with Gasteiger partial charge in [0.25, 0.3) is 0 Å². The van der Waals surface area contributed by atoms with Gasteiger partial charge in [0.1, 0.15) is 35.2 Å². The number of carboxylic acids is 1. The molecule has 0 spiro atoms. The topological polar surface area (TPSA) is 85.7 Å². The van der Waals surface area contributed by atoms with Crippen LogP contribution in [0.5, 0.6) is 5.75 Å². The molecule has 6 nitrogen and oxygen atoms in total. The number of rotatable bonds is 6. The van der Waals surface area contributed by atoms with Gasteiger partial charge in [-0.05, 0) is 49.4 Å². The maximum absolute atomic E-state index is 10.6. The van der Waals surface area contributed by atoms with Crippen LogP contribution in [-0.4, -0.2) is 16.1 Å². The van der Waals surface area contributed by atoms with Gasteiger partial charge < -0.3 is 18.7 Å². The van der Waals surface area contributed by atoms with Crippen LogP contribution >= 0.6 is 0 Å². The Hall–Kier alpha value is -3.80. The Morgan fingerprint density at radius 1 is 1.14 bits per heavy atom. The highest BCUT2D eigenvalue weighted by Crippen LogP contribution is 2.27. The number of nitrogens with zero attached hydrogens (tertiary/aromatic N) is 1. The SMILES string of the molecule is Cc1oc(-c2ccccc2)nc1COc1ccc2oc(/C=C/C(=O)O)cc2c1. The molecule has 28 heavy (non-hydrogen) atoms. The van der Waals surface area contributed by atoms with Crippen LogP contribution in [0.4, 0.5) is 0 Å². The second-order valence-electron chi connectivity index (χ2n) is 6.20. The summed E-state index contributed by atoms with van der Waals surface area (Å²) in [5.41, 5.74) is 2.30. The number of aromatic nitrogens is 1. The molecule has 2 aromatic heterocycles. The van der Waals surface area contributed by atoms with E-state index in [2.05, 4.69) is 4.98 Å². The van der Waals surface area contributed by atoms with Crippen LogP contribution in [0.1, 0.15) is 17.2 Å². The molecule has 4 aromatic rings. The molecular formula is C22H17NO5. The average molecular weight is 375 g/mol. The molecule has 0 aliphatic heterocycles. The summed E-state index contributed by atoms with van der Waals surface area (Å²) < 4.78 is 17.2. The zero-order valence-electron chi connectivity index (χ0n) is 15.1. The van der Waals surface area contributed by atoms with Gasteiger partial charge >= 0.3 is 5.97 Å². The third kappa shape index (κ3) is 3.81. The number of aliphatic carboxylic acids is 1. The smallest absolute Gasteiger partial charge is 0.328 e. The summed E-state index contributed by atoms with van der Waals surface area (Å²) in [6.45, 7) is 2.13. The van der Waals surface area contributed by atoms with Crippen LogP contribution in [0.25, 0.3) is 28.5 Å². The third-order valence-corrected chi connectivity index (χ3v) is 4.19. The lowest BCUT2D eigenvalue weighted by atomic mass is 10.2. The monoisotopic (exact) mass is 375 g/mol. The van der Waals surface area contributed by atoms with Crippen LogP contribution in [0.15, 0.2) is 69.5 Å². The molecular weight excluding hydrogens is 358 g/mol. The summed E-state index contributed by atoms with van der Waals surface area (Å²) in [7, 11) is 0. The molecule has 0 atom stereocenters. The highest BCUT2D eigenvalue weighted by molar-refractivity contribution is 5.87.